The van der Waals surface area contributed by atoms with Crippen molar-refractivity contribution in [2.75, 3.05) is 20.3 Å². The van der Waals surface area contributed by atoms with Gasteiger partial charge in [0.15, 0.2) is 5.78 Å². The normalized spacial score (nSPS) is 10.1. The second-order valence-electron chi connectivity index (χ2n) is 3.48. The second-order valence-corrected chi connectivity index (χ2v) is 3.48. The number of carbonyl (C=O) groups is 1. The molecule has 0 aliphatic rings. The molecule has 0 fully saturated rings. The molecule has 0 aliphatic carbocycles. The molecule has 0 amide bonds. The summed E-state index contributed by atoms with van der Waals surface area (Å²) in [7, 11) is 1.50. The van der Waals surface area contributed by atoms with Crippen LogP contribution in [0.15, 0.2) is 18.2 Å². The van der Waals surface area contributed by atoms with Crippen LogP contribution in [0.3, 0.4) is 0 Å². The first-order valence-corrected chi connectivity index (χ1v) is 4.84. The molecule has 0 radical (unpaired) electrons. The Hall–Kier alpha value is -1.35. The molecular formula is C12H16O3. The minimum atomic E-state index is -0.0554. The average Bonchev–Trinajstić information content (AvgIpc) is 2.17. The minimum absolute atomic E-state index is 0.0554. The Kier molecular flexibility index (Phi) is 4.31. The molecular weight excluding hydrogens is 192 g/mol. The molecule has 3 heteroatoms. The number of hydrogen-bond donors (Lipinski definition) is 0. The zero-order valence-electron chi connectivity index (χ0n) is 9.37. The maximum absolute atomic E-state index is 11.2. The molecule has 15 heavy (non-hydrogen) atoms. The molecule has 0 saturated heterocycles. The molecule has 0 bridgehead atoms. The number of hydrogen-bond acceptors (Lipinski definition) is 3. The minimum Gasteiger partial charge on any atom is -0.485 e. The summed E-state index contributed by atoms with van der Waals surface area (Å²) in [6.07, 6.45) is 0. The highest BCUT2D eigenvalue weighted by atomic mass is 16.5. The van der Waals surface area contributed by atoms with Crippen LogP contribution in [-0.4, -0.2) is 26.1 Å². The third-order valence-corrected chi connectivity index (χ3v) is 2.09. The van der Waals surface area contributed by atoms with Gasteiger partial charge in [-0.2, -0.15) is 0 Å². The van der Waals surface area contributed by atoms with Crippen LogP contribution in [0.5, 0.6) is 5.75 Å². The number of rotatable bonds is 5. The lowest BCUT2D eigenvalue weighted by Gasteiger charge is -2.10. The Morgan fingerprint density at radius 1 is 1.20 bits per heavy atom. The van der Waals surface area contributed by atoms with Crippen LogP contribution < -0.4 is 4.74 Å². The van der Waals surface area contributed by atoms with Gasteiger partial charge in [-0.1, -0.05) is 18.2 Å². The smallest absolute Gasteiger partial charge is 0.195 e. The topological polar surface area (TPSA) is 35.5 Å². The summed E-state index contributed by atoms with van der Waals surface area (Å²) in [4.78, 5) is 11.2. The quantitative estimate of drug-likeness (QED) is 0.741. The number of para-hydroxylation sites is 1. The first kappa shape index (κ1) is 11.7. The summed E-state index contributed by atoms with van der Waals surface area (Å²) in [5.74, 6) is 0.738. The average molecular weight is 208 g/mol. The molecule has 0 atom stereocenters. The molecule has 0 N–H and O–H groups in total. The Labute approximate surface area is 90.0 Å². The van der Waals surface area contributed by atoms with E-state index in [4.69, 9.17) is 9.47 Å². The second kappa shape index (κ2) is 5.51. The van der Waals surface area contributed by atoms with Gasteiger partial charge in [-0.05, 0) is 25.0 Å². The summed E-state index contributed by atoms with van der Waals surface area (Å²) in [6, 6.07) is 5.89. The fourth-order valence-corrected chi connectivity index (χ4v) is 1.38. The van der Waals surface area contributed by atoms with Gasteiger partial charge in [-0.15, -0.1) is 0 Å². The van der Waals surface area contributed by atoms with E-state index in [2.05, 4.69) is 0 Å². The molecule has 0 aromatic heterocycles. The molecule has 3 nitrogen and oxygen atoms in total. The van der Waals surface area contributed by atoms with E-state index in [1.807, 2.05) is 32.0 Å². The number of methoxy groups -OCH3 is 1. The first-order valence-electron chi connectivity index (χ1n) is 4.84. The highest BCUT2D eigenvalue weighted by molar-refractivity contribution is 5.81. The molecule has 0 unspecified atom stereocenters. The third kappa shape index (κ3) is 3.36. The van der Waals surface area contributed by atoms with Gasteiger partial charge >= 0.3 is 0 Å². The summed E-state index contributed by atoms with van der Waals surface area (Å²) in [5, 5.41) is 0. The van der Waals surface area contributed by atoms with Crippen LogP contribution in [0.2, 0.25) is 0 Å². The molecule has 0 heterocycles. The molecule has 0 aliphatic heterocycles. The highest BCUT2D eigenvalue weighted by Crippen LogP contribution is 2.21. The van der Waals surface area contributed by atoms with Crippen molar-refractivity contribution in [3.05, 3.63) is 29.3 Å². The van der Waals surface area contributed by atoms with Gasteiger partial charge < -0.3 is 9.47 Å². The van der Waals surface area contributed by atoms with Gasteiger partial charge in [0, 0.05) is 7.11 Å². The van der Waals surface area contributed by atoms with Crippen molar-refractivity contribution in [3.8, 4) is 5.75 Å². The van der Waals surface area contributed by atoms with Crippen LogP contribution in [0.4, 0.5) is 0 Å². The predicted octanol–water partition coefficient (Wildman–Crippen LogP) is 1.90. The molecule has 0 saturated carbocycles. The summed E-state index contributed by atoms with van der Waals surface area (Å²) >= 11 is 0. The molecule has 1 rings (SSSR count). The van der Waals surface area contributed by atoms with Gasteiger partial charge in [0.05, 0.1) is 0 Å². The monoisotopic (exact) mass is 208 g/mol. The van der Waals surface area contributed by atoms with E-state index in [-0.39, 0.29) is 19.0 Å². The fraction of sp³-hybridized carbons (Fsp3) is 0.417. The molecule has 0 spiro atoms. The van der Waals surface area contributed by atoms with E-state index in [1.54, 1.807) is 0 Å². The van der Waals surface area contributed by atoms with Crippen molar-refractivity contribution < 1.29 is 14.3 Å². The fourth-order valence-electron chi connectivity index (χ4n) is 1.38. The number of Topliss-reactive ketones (excluding diaryl/α,β-unsaturated/α-hetero) is 1. The SMILES string of the molecule is COCC(=O)COc1c(C)cccc1C. The van der Waals surface area contributed by atoms with Crippen LogP contribution in [0.1, 0.15) is 11.1 Å². The Morgan fingerprint density at radius 3 is 2.33 bits per heavy atom. The van der Waals surface area contributed by atoms with E-state index < -0.39 is 0 Å². The van der Waals surface area contributed by atoms with Gasteiger partial charge in [0.2, 0.25) is 0 Å². The number of benzene rings is 1. The van der Waals surface area contributed by atoms with Crippen molar-refractivity contribution in [2.45, 2.75) is 13.8 Å². The van der Waals surface area contributed by atoms with Gasteiger partial charge in [0.1, 0.15) is 19.0 Å². The van der Waals surface area contributed by atoms with Crippen molar-refractivity contribution in [1.82, 2.24) is 0 Å². The highest BCUT2D eigenvalue weighted by Gasteiger charge is 2.06. The number of ether oxygens (including phenoxy) is 2. The lowest BCUT2D eigenvalue weighted by Crippen LogP contribution is -2.17. The lowest BCUT2D eigenvalue weighted by molar-refractivity contribution is -0.124. The van der Waals surface area contributed by atoms with E-state index in [9.17, 15) is 4.79 Å². The van der Waals surface area contributed by atoms with Gasteiger partial charge in [-0.3, -0.25) is 4.79 Å². The summed E-state index contributed by atoms with van der Waals surface area (Å²) in [6.45, 7) is 4.09. The third-order valence-electron chi connectivity index (χ3n) is 2.09. The Balaban J connectivity index is 2.61. The number of ketones is 1. The van der Waals surface area contributed by atoms with Gasteiger partial charge in [0.25, 0.3) is 0 Å². The van der Waals surface area contributed by atoms with Crippen molar-refractivity contribution in [1.29, 1.82) is 0 Å². The molecule has 1 aromatic carbocycles. The Morgan fingerprint density at radius 2 is 1.80 bits per heavy atom. The maximum Gasteiger partial charge on any atom is 0.195 e. The number of carbonyl (C=O) groups excluding carboxylic acids is 1. The van der Waals surface area contributed by atoms with Crippen LogP contribution in [0, 0.1) is 13.8 Å². The van der Waals surface area contributed by atoms with Crippen LogP contribution in [0.25, 0.3) is 0 Å². The predicted molar refractivity (Wildman–Crippen MR) is 58.3 cm³/mol. The standard InChI is InChI=1S/C12H16O3/c1-9-5-4-6-10(2)12(9)15-8-11(13)7-14-3/h4-6H,7-8H2,1-3H3. The zero-order valence-corrected chi connectivity index (χ0v) is 9.37. The van der Waals surface area contributed by atoms with E-state index >= 15 is 0 Å². The lowest BCUT2D eigenvalue weighted by atomic mass is 10.1. The van der Waals surface area contributed by atoms with Crippen molar-refractivity contribution in [2.24, 2.45) is 0 Å². The van der Waals surface area contributed by atoms with Crippen LogP contribution >= 0.6 is 0 Å². The van der Waals surface area contributed by atoms with Crippen LogP contribution in [-0.2, 0) is 9.53 Å². The first-order chi connectivity index (χ1) is 7.15. The Bertz CT molecular complexity index is 324. The number of aryl methyl sites for hydroxylation is 2. The van der Waals surface area contributed by atoms with Crippen molar-refractivity contribution in [3.63, 3.8) is 0 Å². The van der Waals surface area contributed by atoms with Gasteiger partial charge in [-0.25, -0.2) is 0 Å². The van der Waals surface area contributed by atoms with Crippen molar-refractivity contribution >= 4 is 5.78 Å². The molecule has 82 valence electrons. The summed E-state index contributed by atoms with van der Waals surface area (Å²) in [5.41, 5.74) is 2.08. The van der Waals surface area contributed by atoms with E-state index in [0.29, 0.717) is 0 Å². The van der Waals surface area contributed by atoms with E-state index in [1.165, 1.54) is 7.11 Å². The summed E-state index contributed by atoms with van der Waals surface area (Å²) < 4.78 is 10.2. The maximum atomic E-state index is 11.2. The largest absolute Gasteiger partial charge is 0.485 e. The zero-order chi connectivity index (χ0) is 11.3. The van der Waals surface area contributed by atoms with E-state index in [0.717, 1.165) is 16.9 Å². The molecule has 1 aromatic rings.